The van der Waals surface area contributed by atoms with Gasteiger partial charge in [-0.25, -0.2) is 0 Å². The number of aliphatic carboxylic acids is 1. The highest BCUT2D eigenvalue weighted by Gasteiger charge is 2.02. The van der Waals surface area contributed by atoms with Crippen molar-refractivity contribution in [3.8, 4) is 0 Å². The molecular weight excluding hydrogens is 256 g/mol. The van der Waals surface area contributed by atoms with Gasteiger partial charge in [0.1, 0.15) is 0 Å². The Morgan fingerprint density at radius 1 is 1.22 bits per heavy atom. The maximum Gasteiger partial charge on any atom is 0.304 e. The fourth-order valence-corrected chi connectivity index (χ4v) is 1.39. The molecule has 1 aromatic carbocycles. The summed E-state index contributed by atoms with van der Waals surface area (Å²) in [7, 11) is 0. The number of benzene rings is 1. The van der Waals surface area contributed by atoms with Crippen LogP contribution >= 0.6 is 11.6 Å². The summed E-state index contributed by atoms with van der Waals surface area (Å²) in [5.74, 6) is -1.06. The third-order valence-electron chi connectivity index (χ3n) is 2.20. The van der Waals surface area contributed by atoms with E-state index in [1.165, 1.54) is 0 Å². The largest absolute Gasteiger partial charge is 0.481 e. The second-order valence-corrected chi connectivity index (χ2v) is 4.16. The lowest BCUT2D eigenvalue weighted by Gasteiger charge is -2.06. The molecule has 3 N–H and O–H groups in total. The van der Waals surface area contributed by atoms with Crippen LogP contribution in [0.4, 0.5) is 0 Å². The van der Waals surface area contributed by atoms with Crippen LogP contribution in [0.15, 0.2) is 24.3 Å². The molecule has 1 aromatic rings. The number of hydrogen-bond acceptors (Lipinski definition) is 3. The molecule has 0 aliphatic carbocycles. The zero-order valence-corrected chi connectivity index (χ0v) is 10.5. The summed E-state index contributed by atoms with van der Waals surface area (Å²) in [5, 5.41) is 14.5. The molecular formula is C12H15ClN2O3. The summed E-state index contributed by atoms with van der Waals surface area (Å²) in [6.07, 6.45) is 0.00443. The van der Waals surface area contributed by atoms with Crippen molar-refractivity contribution in [3.63, 3.8) is 0 Å². The van der Waals surface area contributed by atoms with Crippen molar-refractivity contribution in [2.75, 3.05) is 13.1 Å². The van der Waals surface area contributed by atoms with Crippen LogP contribution in [0.3, 0.4) is 0 Å². The Labute approximate surface area is 110 Å². The Kier molecular flexibility index (Phi) is 6.18. The Balaban J connectivity index is 2.17. The van der Waals surface area contributed by atoms with E-state index in [1.54, 1.807) is 12.1 Å². The minimum atomic E-state index is -0.885. The van der Waals surface area contributed by atoms with E-state index in [1.807, 2.05) is 12.1 Å². The van der Waals surface area contributed by atoms with Crippen LogP contribution in [0.25, 0.3) is 0 Å². The average molecular weight is 271 g/mol. The van der Waals surface area contributed by atoms with Gasteiger partial charge in [0.15, 0.2) is 0 Å². The van der Waals surface area contributed by atoms with Gasteiger partial charge in [0.25, 0.3) is 0 Å². The van der Waals surface area contributed by atoms with Crippen molar-refractivity contribution in [2.24, 2.45) is 0 Å². The maximum atomic E-state index is 11.4. The quantitative estimate of drug-likeness (QED) is 0.647. The second kappa shape index (κ2) is 7.68. The highest BCUT2D eigenvalue weighted by molar-refractivity contribution is 6.30. The molecule has 5 nitrogen and oxygen atoms in total. The van der Waals surface area contributed by atoms with E-state index in [9.17, 15) is 9.59 Å². The minimum Gasteiger partial charge on any atom is -0.481 e. The van der Waals surface area contributed by atoms with E-state index in [0.717, 1.165) is 5.56 Å². The molecule has 0 aromatic heterocycles. The lowest BCUT2D eigenvalue weighted by Crippen LogP contribution is -2.34. The number of carboxylic acids is 1. The Hall–Kier alpha value is -1.59. The molecule has 1 amide bonds. The van der Waals surface area contributed by atoms with E-state index in [-0.39, 0.29) is 25.4 Å². The van der Waals surface area contributed by atoms with Crippen molar-refractivity contribution >= 4 is 23.5 Å². The van der Waals surface area contributed by atoms with Gasteiger partial charge in [-0.3, -0.25) is 9.59 Å². The Bertz CT molecular complexity index is 406. The summed E-state index contributed by atoms with van der Waals surface area (Å²) in [4.78, 5) is 21.6. The van der Waals surface area contributed by atoms with Gasteiger partial charge in [-0.05, 0) is 17.7 Å². The Morgan fingerprint density at radius 3 is 2.50 bits per heavy atom. The first-order valence-corrected chi connectivity index (χ1v) is 5.89. The van der Waals surface area contributed by atoms with Crippen LogP contribution in [0.2, 0.25) is 5.02 Å². The number of carboxylic acid groups (broad SMARTS) is 1. The molecule has 0 bridgehead atoms. The number of hydrogen-bond donors (Lipinski definition) is 3. The number of nitrogens with one attached hydrogen (secondary N) is 2. The lowest BCUT2D eigenvalue weighted by atomic mass is 10.2. The molecule has 0 unspecified atom stereocenters. The van der Waals surface area contributed by atoms with Gasteiger partial charge in [0.05, 0.1) is 13.0 Å². The van der Waals surface area contributed by atoms with Crippen molar-refractivity contribution in [1.82, 2.24) is 10.6 Å². The normalized spacial score (nSPS) is 10.1. The third kappa shape index (κ3) is 6.22. The highest BCUT2D eigenvalue weighted by Crippen LogP contribution is 2.08. The van der Waals surface area contributed by atoms with E-state index < -0.39 is 5.97 Å². The number of amides is 1. The first-order valence-electron chi connectivity index (χ1n) is 5.51. The highest BCUT2D eigenvalue weighted by atomic mass is 35.5. The van der Waals surface area contributed by atoms with E-state index in [0.29, 0.717) is 11.6 Å². The monoisotopic (exact) mass is 270 g/mol. The molecule has 0 spiro atoms. The first kappa shape index (κ1) is 14.5. The summed E-state index contributed by atoms with van der Waals surface area (Å²) in [6, 6.07) is 7.18. The molecule has 98 valence electrons. The van der Waals surface area contributed by atoms with Crippen LogP contribution in [0.5, 0.6) is 0 Å². The summed E-state index contributed by atoms with van der Waals surface area (Å²) in [6.45, 7) is 0.821. The van der Waals surface area contributed by atoms with Crippen molar-refractivity contribution in [1.29, 1.82) is 0 Å². The van der Waals surface area contributed by atoms with Gasteiger partial charge in [0.2, 0.25) is 5.91 Å². The molecule has 0 radical (unpaired) electrons. The Morgan fingerprint density at radius 2 is 1.89 bits per heavy atom. The molecule has 0 aliphatic heterocycles. The molecule has 0 saturated heterocycles. The van der Waals surface area contributed by atoms with Gasteiger partial charge >= 0.3 is 5.97 Å². The average Bonchev–Trinajstić information content (AvgIpc) is 2.34. The SMILES string of the molecule is O=C(O)CCNCC(=O)NCc1ccc(Cl)cc1. The van der Waals surface area contributed by atoms with Crippen LogP contribution < -0.4 is 10.6 Å². The van der Waals surface area contributed by atoms with Crippen LogP contribution in [0, 0.1) is 0 Å². The number of rotatable bonds is 7. The van der Waals surface area contributed by atoms with Crippen molar-refractivity contribution < 1.29 is 14.7 Å². The molecule has 18 heavy (non-hydrogen) atoms. The third-order valence-corrected chi connectivity index (χ3v) is 2.46. The molecule has 1 rings (SSSR count). The zero-order chi connectivity index (χ0) is 13.4. The van der Waals surface area contributed by atoms with Gasteiger partial charge in [-0.15, -0.1) is 0 Å². The number of carbonyl (C=O) groups excluding carboxylic acids is 1. The zero-order valence-electron chi connectivity index (χ0n) is 9.78. The van der Waals surface area contributed by atoms with Gasteiger partial charge in [0, 0.05) is 18.1 Å². The van der Waals surface area contributed by atoms with E-state index in [2.05, 4.69) is 10.6 Å². The predicted octanol–water partition coefficient (Wildman–Crippen LogP) is 1.02. The maximum absolute atomic E-state index is 11.4. The van der Waals surface area contributed by atoms with Crippen LogP contribution in [-0.2, 0) is 16.1 Å². The standard InChI is InChI=1S/C12H15ClN2O3/c13-10-3-1-9(2-4-10)7-15-11(16)8-14-6-5-12(17)18/h1-4,14H,5-8H2,(H,15,16)(H,17,18). The molecule has 0 aliphatic rings. The predicted molar refractivity (Wildman–Crippen MR) is 68.4 cm³/mol. The summed E-state index contributed by atoms with van der Waals surface area (Å²) < 4.78 is 0. The van der Waals surface area contributed by atoms with E-state index in [4.69, 9.17) is 16.7 Å². The number of carbonyl (C=O) groups is 2. The fourth-order valence-electron chi connectivity index (χ4n) is 1.26. The summed E-state index contributed by atoms with van der Waals surface area (Å²) >= 11 is 5.74. The van der Waals surface area contributed by atoms with Crippen molar-refractivity contribution in [2.45, 2.75) is 13.0 Å². The second-order valence-electron chi connectivity index (χ2n) is 3.72. The van der Waals surface area contributed by atoms with Crippen LogP contribution in [0.1, 0.15) is 12.0 Å². The fraction of sp³-hybridized carbons (Fsp3) is 0.333. The molecule has 6 heteroatoms. The molecule has 0 fully saturated rings. The van der Waals surface area contributed by atoms with Crippen molar-refractivity contribution in [3.05, 3.63) is 34.9 Å². The minimum absolute atomic E-state index is 0.00443. The van der Waals surface area contributed by atoms with Crippen LogP contribution in [-0.4, -0.2) is 30.1 Å². The summed E-state index contributed by atoms with van der Waals surface area (Å²) in [5.41, 5.74) is 0.957. The van der Waals surface area contributed by atoms with E-state index >= 15 is 0 Å². The first-order chi connectivity index (χ1) is 8.58. The molecule has 0 heterocycles. The smallest absolute Gasteiger partial charge is 0.304 e. The number of halogens is 1. The van der Waals surface area contributed by atoms with Gasteiger partial charge in [-0.2, -0.15) is 0 Å². The molecule has 0 saturated carbocycles. The topological polar surface area (TPSA) is 78.4 Å². The molecule has 0 atom stereocenters. The van der Waals surface area contributed by atoms with Gasteiger partial charge < -0.3 is 15.7 Å². The van der Waals surface area contributed by atoms with Gasteiger partial charge in [-0.1, -0.05) is 23.7 Å². The lowest BCUT2D eigenvalue weighted by molar-refractivity contribution is -0.137.